The van der Waals surface area contributed by atoms with Gasteiger partial charge in [-0.1, -0.05) is 11.6 Å². The minimum Gasteiger partial charge on any atom is -0.399 e. The van der Waals surface area contributed by atoms with Crippen molar-refractivity contribution >= 4 is 33.0 Å². The molecule has 0 saturated carbocycles. The van der Waals surface area contributed by atoms with Crippen LogP contribution in [0.25, 0.3) is 0 Å². The number of nitrogens with two attached hydrogens (primary N) is 1. The molecule has 2 rings (SSSR count). The minimum atomic E-state index is -4.18. The molecule has 20 heavy (non-hydrogen) atoms. The molecule has 0 heterocycles. The highest BCUT2D eigenvalue weighted by molar-refractivity contribution is 7.92. The summed E-state index contributed by atoms with van der Waals surface area (Å²) < 4.78 is 52.6. The quantitative estimate of drug-likeness (QED) is 0.854. The van der Waals surface area contributed by atoms with Crippen LogP contribution >= 0.6 is 11.6 Å². The first kappa shape index (κ1) is 14.5. The van der Waals surface area contributed by atoms with Crippen molar-refractivity contribution in [1.29, 1.82) is 0 Å². The summed E-state index contributed by atoms with van der Waals surface area (Å²) in [6.45, 7) is 0. The Hall–Kier alpha value is -1.86. The van der Waals surface area contributed by atoms with Crippen molar-refractivity contribution in [3.63, 3.8) is 0 Å². The van der Waals surface area contributed by atoms with Gasteiger partial charge in [-0.05, 0) is 36.4 Å². The van der Waals surface area contributed by atoms with Crippen LogP contribution in [0.2, 0.25) is 5.02 Å². The SMILES string of the molecule is Nc1ccc(S(=O)(=O)Nc2ccc(F)cc2Cl)c(F)c1. The lowest BCUT2D eigenvalue weighted by molar-refractivity contribution is 0.570. The van der Waals surface area contributed by atoms with Gasteiger partial charge >= 0.3 is 0 Å². The third-order valence-corrected chi connectivity index (χ3v) is 4.13. The Balaban J connectivity index is 2.41. The normalized spacial score (nSPS) is 11.3. The second kappa shape index (κ2) is 5.26. The molecule has 0 aromatic heterocycles. The predicted molar refractivity (Wildman–Crippen MR) is 73.0 cm³/mol. The number of halogens is 3. The van der Waals surface area contributed by atoms with Crippen molar-refractivity contribution in [2.24, 2.45) is 0 Å². The molecule has 2 aromatic carbocycles. The van der Waals surface area contributed by atoms with Crippen LogP contribution < -0.4 is 10.5 Å². The average Bonchev–Trinajstić information content (AvgIpc) is 2.32. The Morgan fingerprint density at radius 1 is 1.10 bits per heavy atom. The lowest BCUT2D eigenvalue weighted by Gasteiger charge is -2.10. The second-order valence-electron chi connectivity index (χ2n) is 3.92. The number of hydrogen-bond donors (Lipinski definition) is 2. The summed E-state index contributed by atoms with van der Waals surface area (Å²) in [6, 6.07) is 6.29. The molecule has 0 aliphatic carbocycles. The van der Waals surface area contributed by atoms with Crippen molar-refractivity contribution in [2.45, 2.75) is 4.90 Å². The van der Waals surface area contributed by atoms with E-state index in [1.807, 2.05) is 0 Å². The topological polar surface area (TPSA) is 72.2 Å². The monoisotopic (exact) mass is 318 g/mol. The van der Waals surface area contributed by atoms with Crippen LogP contribution in [0, 0.1) is 11.6 Å². The van der Waals surface area contributed by atoms with E-state index in [9.17, 15) is 17.2 Å². The summed E-state index contributed by atoms with van der Waals surface area (Å²) in [5.41, 5.74) is 5.39. The third kappa shape index (κ3) is 3.00. The largest absolute Gasteiger partial charge is 0.399 e. The van der Waals surface area contributed by atoms with E-state index >= 15 is 0 Å². The van der Waals surface area contributed by atoms with E-state index in [-0.39, 0.29) is 16.4 Å². The molecule has 0 amide bonds. The van der Waals surface area contributed by atoms with Gasteiger partial charge in [-0.25, -0.2) is 17.2 Å². The summed E-state index contributed by atoms with van der Waals surface area (Å²) in [7, 11) is -4.18. The maximum atomic E-state index is 13.6. The van der Waals surface area contributed by atoms with Gasteiger partial charge in [0.25, 0.3) is 10.0 Å². The van der Waals surface area contributed by atoms with Gasteiger partial charge in [0.2, 0.25) is 0 Å². The minimum absolute atomic E-state index is 0.0516. The van der Waals surface area contributed by atoms with Gasteiger partial charge in [0.15, 0.2) is 0 Å². The smallest absolute Gasteiger partial charge is 0.264 e. The number of nitrogens with one attached hydrogen (secondary N) is 1. The third-order valence-electron chi connectivity index (χ3n) is 2.42. The van der Waals surface area contributed by atoms with Gasteiger partial charge in [0.05, 0.1) is 10.7 Å². The Morgan fingerprint density at radius 3 is 2.40 bits per heavy atom. The number of rotatable bonds is 3. The lowest BCUT2D eigenvalue weighted by Crippen LogP contribution is -2.15. The van der Waals surface area contributed by atoms with Crippen LogP contribution in [0.4, 0.5) is 20.2 Å². The molecule has 0 aliphatic heterocycles. The molecular weight excluding hydrogens is 310 g/mol. The Morgan fingerprint density at radius 2 is 1.80 bits per heavy atom. The van der Waals surface area contributed by atoms with E-state index in [1.54, 1.807) is 0 Å². The molecule has 0 bridgehead atoms. The van der Waals surface area contributed by atoms with Crippen molar-refractivity contribution in [1.82, 2.24) is 0 Å². The molecular formula is C12H9ClF2N2O2S. The van der Waals surface area contributed by atoms with Gasteiger partial charge < -0.3 is 5.73 Å². The molecule has 0 radical (unpaired) electrons. The van der Waals surface area contributed by atoms with Gasteiger partial charge in [0, 0.05) is 5.69 Å². The number of anilines is 2. The first-order valence-electron chi connectivity index (χ1n) is 5.32. The first-order chi connectivity index (χ1) is 9.29. The van der Waals surface area contributed by atoms with Crippen molar-refractivity contribution in [3.05, 3.63) is 53.1 Å². The zero-order chi connectivity index (χ0) is 14.9. The number of hydrogen-bond acceptors (Lipinski definition) is 3. The molecule has 0 spiro atoms. The highest BCUT2D eigenvalue weighted by atomic mass is 35.5. The van der Waals surface area contributed by atoms with Crippen LogP contribution in [0.1, 0.15) is 0 Å². The molecule has 0 unspecified atom stereocenters. The zero-order valence-electron chi connectivity index (χ0n) is 9.90. The van der Waals surface area contributed by atoms with Crippen molar-refractivity contribution in [2.75, 3.05) is 10.5 Å². The summed E-state index contributed by atoms with van der Waals surface area (Å²) in [6.07, 6.45) is 0. The maximum Gasteiger partial charge on any atom is 0.264 e. The van der Waals surface area contributed by atoms with Gasteiger partial charge in [-0.2, -0.15) is 0 Å². The summed E-state index contributed by atoms with van der Waals surface area (Å²) in [5.74, 6) is -1.60. The molecule has 2 aromatic rings. The number of benzene rings is 2. The fourth-order valence-electron chi connectivity index (χ4n) is 1.51. The molecule has 0 fully saturated rings. The van der Waals surface area contributed by atoms with E-state index in [1.165, 1.54) is 6.07 Å². The number of sulfonamides is 1. The Kier molecular flexibility index (Phi) is 3.82. The number of nitrogen functional groups attached to an aromatic ring is 1. The maximum absolute atomic E-state index is 13.6. The van der Waals surface area contributed by atoms with Crippen LogP contribution in [0.15, 0.2) is 41.3 Å². The fraction of sp³-hybridized carbons (Fsp3) is 0. The van der Waals surface area contributed by atoms with Gasteiger partial charge in [-0.15, -0.1) is 0 Å². The summed E-state index contributed by atoms with van der Waals surface area (Å²) >= 11 is 5.71. The standard InChI is InChI=1S/C12H9ClF2N2O2S/c13-9-5-7(14)1-3-11(9)17-20(18,19)12-4-2-8(16)6-10(12)15/h1-6,17H,16H2. The van der Waals surface area contributed by atoms with Gasteiger partial charge in [-0.3, -0.25) is 4.72 Å². The Labute approximate surface area is 119 Å². The van der Waals surface area contributed by atoms with E-state index in [4.69, 9.17) is 17.3 Å². The fourth-order valence-corrected chi connectivity index (χ4v) is 2.92. The predicted octanol–water partition coefficient (Wildman–Crippen LogP) is 3.00. The van der Waals surface area contributed by atoms with E-state index in [0.29, 0.717) is 0 Å². The lowest BCUT2D eigenvalue weighted by atomic mass is 10.3. The van der Waals surface area contributed by atoms with Crippen molar-refractivity contribution < 1.29 is 17.2 Å². The molecule has 106 valence electrons. The van der Waals surface area contributed by atoms with E-state index < -0.39 is 26.6 Å². The van der Waals surface area contributed by atoms with Crippen LogP contribution in [-0.4, -0.2) is 8.42 Å². The molecule has 0 atom stereocenters. The molecule has 4 nitrogen and oxygen atoms in total. The summed E-state index contributed by atoms with van der Waals surface area (Å²) in [5, 5.41) is -0.135. The molecule has 3 N–H and O–H groups in total. The second-order valence-corrected chi connectivity index (χ2v) is 5.98. The zero-order valence-corrected chi connectivity index (χ0v) is 11.5. The van der Waals surface area contributed by atoms with E-state index in [0.717, 1.165) is 30.3 Å². The summed E-state index contributed by atoms with van der Waals surface area (Å²) in [4.78, 5) is -0.577. The molecule has 0 saturated heterocycles. The Bertz CT molecular complexity index is 766. The van der Waals surface area contributed by atoms with Crippen LogP contribution in [0.3, 0.4) is 0 Å². The molecule has 0 aliphatic rings. The highest BCUT2D eigenvalue weighted by Gasteiger charge is 2.20. The van der Waals surface area contributed by atoms with Crippen molar-refractivity contribution in [3.8, 4) is 0 Å². The van der Waals surface area contributed by atoms with E-state index in [2.05, 4.69) is 4.72 Å². The first-order valence-corrected chi connectivity index (χ1v) is 7.18. The molecule has 8 heteroatoms. The highest BCUT2D eigenvalue weighted by Crippen LogP contribution is 2.26. The van der Waals surface area contributed by atoms with Gasteiger partial charge in [0.1, 0.15) is 16.5 Å². The average molecular weight is 319 g/mol. The van der Waals surface area contributed by atoms with Crippen LogP contribution in [-0.2, 0) is 10.0 Å². The van der Waals surface area contributed by atoms with Crippen LogP contribution in [0.5, 0.6) is 0 Å².